The van der Waals surface area contributed by atoms with Crippen LogP contribution in [0.15, 0.2) is 24.3 Å². The summed E-state index contributed by atoms with van der Waals surface area (Å²) in [5.41, 5.74) is 0.437. The number of ether oxygens (including phenoxy) is 1. The van der Waals surface area contributed by atoms with Crippen molar-refractivity contribution < 1.29 is 19.4 Å². The number of carboxylic acids is 1. The van der Waals surface area contributed by atoms with Crippen molar-refractivity contribution in [3.63, 3.8) is 0 Å². The SMILES string of the molecule is C=CC(=O)OCCN(CC)CC.CCN(CC)CCC=C(C)C(=O)O. The highest BCUT2D eigenvalue weighted by Crippen LogP contribution is 1.97. The van der Waals surface area contributed by atoms with Gasteiger partial charge in [0.1, 0.15) is 6.61 Å². The molecule has 0 fully saturated rings. The zero-order chi connectivity index (χ0) is 19.7. The molecule has 6 nitrogen and oxygen atoms in total. The molecule has 0 saturated heterocycles. The molecule has 1 N–H and O–H groups in total. The summed E-state index contributed by atoms with van der Waals surface area (Å²) in [5, 5.41) is 8.58. The van der Waals surface area contributed by atoms with Crippen LogP contribution < -0.4 is 0 Å². The van der Waals surface area contributed by atoms with Gasteiger partial charge in [-0.25, -0.2) is 9.59 Å². The molecule has 0 rings (SSSR count). The third-order valence-corrected chi connectivity index (χ3v) is 3.84. The molecule has 0 spiro atoms. The molecule has 6 heteroatoms. The highest BCUT2D eigenvalue weighted by molar-refractivity contribution is 5.85. The van der Waals surface area contributed by atoms with Crippen LogP contribution in [0.1, 0.15) is 41.0 Å². The first kappa shape index (κ1) is 25.6. The number of aliphatic carboxylic acids is 1. The number of hydrogen-bond donors (Lipinski definition) is 1. The number of likely N-dealkylation sites (N-methyl/N-ethyl adjacent to an activating group) is 1. The molecular weight excluding hydrogens is 320 g/mol. The third-order valence-electron chi connectivity index (χ3n) is 3.84. The zero-order valence-corrected chi connectivity index (χ0v) is 16.6. The molecule has 0 aliphatic heterocycles. The second-order valence-electron chi connectivity index (χ2n) is 5.41. The number of esters is 1. The zero-order valence-electron chi connectivity index (χ0n) is 16.6. The minimum Gasteiger partial charge on any atom is -0.478 e. The van der Waals surface area contributed by atoms with Gasteiger partial charge >= 0.3 is 11.9 Å². The molecule has 0 amide bonds. The Kier molecular flexibility index (Phi) is 17.6. The Balaban J connectivity index is 0. The maximum Gasteiger partial charge on any atom is 0.330 e. The monoisotopic (exact) mass is 356 g/mol. The van der Waals surface area contributed by atoms with E-state index in [1.807, 2.05) is 0 Å². The van der Waals surface area contributed by atoms with E-state index >= 15 is 0 Å². The lowest BCUT2D eigenvalue weighted by molar-refractivity contribution is -0.138. The minimum absolute atomic E-state index is 0.345. The smallest absolute Gasteiger partial charge is 0.330 e. The van der Waals surface area contributed by atoms with E-state index in [-0.39, 0.29) is 5.97 Å². The number of rotatable bonds is 12. The first-order valence-electron chi connectivity index (χ1n) is 8.99. The van der Waals surface area contributed by atoms with Gasteiger partial charge in [-0.1, -0.05) is 40.3 Å². The van der Waals surface area contributed by atoms with E-state index in [9.17, 15) is 9.59 Å². The van der Waals surface area contributed by atoms with Gasteiger partial charge in [0.25, 0.3) is 0 Å². The van der Waals surface area contributed by atoms with Crippen molar-refractivity contribution in [3.05, 3.63) is 24.3 Å². The molecular formula is C19H36N2O4. The average molecular weight is 357 g/mol. The molecule has 0 aromatic carbocycles. The molecule has 25 heavy (non-hydrogen) atoms. The van der Waals surface area contributed by atoms with Gasteiger partial charge in [0.05, 0.1) is 0 Å². The third kappa shape index (κ3) is 15.6. The Morgan fingerprint density at radius 1 is 1.00 bits per heavy atom. The van der Waals surface area contributed by atoms with Gasteiger partial charge in [-0.2, -0.15) is 0 Å². The highest BCUT2D eigenvalue weighted by Gasteiger charge is 2.01. The number of carbonyl (C=O) groups is 2. The first-order valence-corrected chi connectivity index (χ1v) is 8.99. The summed E-state index contributed by atoms with van der Waals surface area (Å²) >= 11 is 0. The number of nitrogens with zero attached hydrogens (tertiary/aromatic N) is 2. The minimum atomic E-state index is -0.820. The molecule has 146 valence electrons. The quantitative estimate of drug-likeness (QED) is 0.428. The predicted octanol–water partition coefficient (Wildman–Crippen LogP) is 2.81. The highest BCUT2D eigenvalue weighted by atomic mass is 16.5. The van der Waals surface area contributed by atoms with Crippen LogP contribution in [0.4, 0.5) is 0 Å². The van der Waals surface area contributed by atoms with Crippen LogP contribution in [0.2, 0.25) is 0 Å². The van der Waals surface area contributed by atoms with Crippen molar-refractivity contribution in [3.8, 4) is 0 Å². The van der Waals surface area contributed by atoms with Gasteiger partial charge < -0.3 is 19.6 Å². The van der Waals surface area contributed by atoms with Crippen LogP contribution in [-0.2, 0) is 14.3 Å². The van der Waals surface area contributed by atoms with Crippen LogP contribution in [0.3, 0.4) is 0 Å². The summed E-state index contributed by atoms with van der Waals surface area (Å²) in [4.78, 5) is 25.5. The normalized spacial score (nSPS) is 11.1. The average Bonchev–Trinajstić information content (AvgIpc) is 2.62. The lowest BCUT2D eigenvalue weighted by Gasteiger charge is -2.16. The van der Waals surface area contributed by atoms with Gasteiger partial charge in [0.2, 0.25) is 0 Å². The lowest BCUT2D eigenvalue weighted by atomic mass is 10.2. The second-order valence-corrected chi connectivity index (χ2v) is 5.41. The summed E-state index contributed by atoms with van der Waals surface area (Å²) in [5.74, 6) is -1.17. The fourth-order valence-corrected chi connectivity index (χ4v) is 1.96. The summed E-state index contributed by atoms with van der Waals surface area (Å²) in [7, 11) is 0. The summed E-state index contributed by atoms with van der Waals surface area (Å²) in [6, 6.07) is 0. The van der Waals surface area contributed by atoms with E-state index in [2.05, 4.69) is 44.1 Å². The largest absolute Gasteiger partial charge is 0.478 e. The van der Waals surface area contributed by atoms with Crippen molar-refractivity contribution in [1.29, 1.82) is 0 Å². The number of carbonyl (C=O) groups excluding carboxylic acids is 1. The van der Waals surface area contributed by atoms with E-state index in [0.717, 1.165) is 45.7 Å². The molecule has 0 heterocycles. The molecule has 0 radical (unpaired) electrons. The van der Waals surface area contributed by atoms with Gasteiger partial charge in [0, 0.05) is 24.7 Å². The Hall–Kier alpha value is -1.66. The number of hydrogen-bond acceptors (Lipinski definition) is 5. The van der Waals surface area contributed by atoms with Gasteiger partial charge in [-0.3, -0.25) is 0 Å². The van der Waals surface area contributed by atoms with Gasteiger partial charge in [0.15, 0.2) is 0 Å². The van der Waals surface area contributed by atoms with Crippen LogP contribution in [0, 0.1) is 0 Å². The van der Waals surface area contributed by atoms with Crippen LogP contribution in [-0.4, -0.2) is 72.7 Å². The van der Waals surface area contributed by atoms with E-state index < -0.39 is 5.97 Å². The predicted molar refractivity (Wildman–Crippen MR) is 103 cm³/mol. The second kappa shape index (κ2) is 17.2. The Morgan fingerprint density at radius 3 is 1.88 bits per heavy atom. The van der Waals surface area contributed by atoms with E-state index in [0.29, 0.717) is 12.2 Å². The van der Waals surface area contributed by atoms with Gasteiger partial charge in [-0.05, 0) is 39.5 Å². The Morgan fingerprint density at radius 2 is 1.48 bits per heavy atom. The maximum absolute atomic E-state index is 10.6. The topological polar surface area (TPSA) is 70.1 Å². The van der Waals surface area contributed by atoms with Crippen LogP contribution >= 0.6 is 0 Å². The molecule has 0 unspecified atom stereocenters. The Labute approximate surface area is 153 Å². The number of carboxylic acid groups (broad SMARTS) is 1. The summed E-state index contributed by atoms with van der Waals surface area (Å²) in [6.45, 7) is 19.5. The van der Waals surface area contributed by atoms with Crippen LogP contribution in [0.25, 0.3) is 0 Å². The molecule has 0 aliphatic rings. The van der Waals surface area contributed by atoms with E-state index in [1.54, 1.807) is 13.0 Å². The van der Waals surface area contributed by atoms with Gasteiger partial charge in [-0.15, -0.1) is 0 Å². The lowest BCUT2D eigenvalue weighted by Crippen LogP contribution is -2.27. The van der Waals surface area contributed by atoms with E-state index in [1.165, 1.54) is 6.08 Å². The molecule has 0 aliphatic carbocycles. The molecule has 0 atom stereocenters. The molecule has 0 bridgehead atoms. The van der Waals surface area contributed by atoms with Crippen LogP contribution in [0.5, 0.6) is 0 Å². The van der Waals surface area contributed by atoms with Crippen molar-refractivity contribution >= 4 is 11.9 Å². The molecule has 0 aromatic rings. The maximum atomic E-state index is 10.6. The Bertz CT molecular complexity index is 400. The molecule has 0 saturated carbocycles. The van der Waals surface area contributed by atoms with E-state index in [4.69, 9.17) is 9.84 Å². The van der Waals surface area contributed by atoms with Crippen molar-refractivity contribution in [1.82, 2.24) is 9.80 Å². The molecule has 0 aromatic heterocycles. The van der Waals surface area contributed by atoms with Crippen molar-refractivity contribution in [2.45, 2.75) is 41.0 Å². The summed E-state index contributed by atoms with van der Waals surface area (Å²) < 4.78 is 4.83. The summed E-state index contributed by atoms with van der Waals surface area (Å²) in [6.07, 6.45) is 3.78. The standard InChI is InChI=1S/C10H19NO2.C9H17NO2/c1-4-11(5-2)8-6-7-9(3)10(12)13;1-4-9(11)12-8-7-10(5-2)6-3/h7H,4-6,8H2,1-3H3,(H,12,13);4H,1,5-8H2,2-3H3. The fourth-order valence-electron chi connectivity index (χ4n) is 1.96. The van der Waals surface area contributed by atoms with Crippen molar-refractivity contribution in [2.24, 2.45) is 0 Å². The fraction of sp³-hybridized carbons (Fsp3) is 0.684. The first-order chi connectivity index (χ1) is 11.9. The van der Waals surface area contributed by atoms with Crippen molar-refractivity contribution in [2.75, 3.05) is 45.9 Å².